The fraction of sp³-hybridized carbons (Fsp3) is 0.250. The lowest BCUT2D eigenvalue weighted by Crippen LogP contribution is -2.11. The maximum absolute atomic E-state index is 9.51. The minimum atomic E-state index is -0.381. The third kappa shape index (κ3) is 96.5. The average molecular weight is 181 g/mol. The van der Waals surface area contributed by atoms with E-state index in [9.17, 15) is 4.79 Å². The molecule has 68 valence electrons. The van der Waals surface area contributed by atoms with Crippen molar-refractivity contribution in [3.8, 4) is 0 Å². The van der Waals surface area contributed by atoms with E-state index in [1.807, 2.05) is 0 Å². The Balaban J connectivity index is -0.0000000965. The average Bonchev–Trinajstić information content (AvgIpc) is 2.08. The first-order chi connectivity index (χ1) is 5.18. The van der Waals surface area contributed by atoms with Crippen molar-refractivity contribution in [2.24, 2.45) is 23.3 Å². The molecular weight excluding hydrogens is 166 g/mol. The van der Waals surface area contributed by atoms with E-state index in [0.29, 0.717) is 0 Å². The van der Waals surface area contributed by atoms with E-state index in [-0.39, 0.29) is 11.7 Å². The number of hydrazine groups is 2. The van der Waals surface area contributed by atoms with Crippen LogP contribution in [-0.2, 0) is 4.79 Å². The summed E-state index contributed by atoms with van der Waals surface area (Å²) in [6.07, 6.45) is 1.40. The predicted octanol–water partition coefficient (Wildman–Crippen LogP) is -2.19. The number of rotatable bonds is 2. The van der Waals surface area contributed by atoms with Crippen LogP contribution in [0, 0.1) is 0 Å². The molecule has 0 aliphatic carbocycles. The highest BCUT2D eigenvalue weighted by molar-refractivity contribution is 7.81. The van der Waals surface area contributed by atoms with Crippen molar-refractivity contribution in [3.63, 3.8) is 0 Å². The van der Waals surface area contributed by atoms with Crippen LogP contribution >= 0.6 is 12.6 Å². The molecule has 9 N–H and O–H groups in total. The normalized spacial score (nSPS) is 5.82. The Hall–Kier alpha value is -0.760. The Kier molecular flexibility index (Phi) is 34.6. The highest BCUT2D eigenvalue weighted by Crippen LogP contribution is 1.63. The second-order valence-corrected chi connectivity index (χ2v) is 1.31. The van der Waals surface area contributed by atoms with Crippen LogP contribution in [0.4, 0.5) is 0 Å². The first-order valence-corrected chi connectivity index (χ1v) is 3.11. The van der Waals surface area contributed by atoms with Crippen LogP contribution in [0.25, 0.3) is 0 Å². The lowest BCUT2D eigenvalue weighted by Gasteiger charge is -1.72. The minimum absolute atomic E-state index is 0.139. The number of carbonyl (C=O) groups excluding carboxylic acids is 1. The summed E-state index contributed by atoms with van der Waals surface area (Å²) < 4.78 is 0. The molecule has 11 heavy (non-hydrogen) atoms. The molecule has 0 bridgehead atoms. The van der Waals surface area contributed by atoms with E-state index in [2.05, 4.69) is 47.9 Å². The smallest absolute Gasteiger partial charge is 0.227 e. The van der Waals surface area contributed by atoms with Gasteiger partial charge < -0.3 is 11.2 Å². The van der Waals surface area contributed by atoms with Crippen molar-refractivity contribution in [1.82, 2.24) is 5.43 Å². The van der Waals surface area contributed by atoms with Gasteiger partial charge in [-0.3, -0.25) is 22.3 Å². The zero-order chi connectivity index (χ0) is 9.70. The Morgan fingerprint density at radius 2 is 1.82 bits per heavy atom. The topological polar surface area (TPSA) is 133 Å². The van der Waals surface area contributed by atoms with Gasteiger partial charge in [0.25, 0.3) is 0 Å². The van der Waals surface area contributed by atoms with E-state index in [1.165, 1.54) is 6.20 Å². The standard InChI is InChI=1S/C2H6N2.C2H5NOS.H4N2/c1-2-4-3;3-2(4)1-5;1-2/h2,4H,1,3H2;5H,1H2,(H2,3,4);1-2H2. The van der Waals surface area contributed by atoms with E-state index >= 15 is 0 Å². The molecule has 0 aromatic rings. The summed E-state index contributed by atoms with van der Waals surface area (Å²) in [6.45, 7) is 3.24. The van der Waals surface area contributed by atoms with Crippen molar-refractivity contribution >= 4 is 18.5 Å². The van der Waals surface area contributed by atoms with Gasteiger partial charge in [-0.2, -0.15) is 12.6 Å². The van der Waals surface area contributed by atoms with Gasteiger partial charge in [-0.15, -0.1) is 0 Å². The first kappa shape index (κ1) is 16.7. The van der Waals surface area contributed by atoms with Crippen LogP contribution in [0.5, 0.6) is 0 Å². The highest BCUT2D eigenvalue weighted by Gasteiger charge is 1.78. The third-order valence-electron chi connectivity index (χ3n) is 0.274. The zero-order valence-electron chi connectivity index (χ0n) is 6.16. The Bertz CT molecular complexity index is 88.6. The summed E-state index contributed by atoms with van der Waals surface area (Å²) in [5, 5.41) is 0. The van der Waals surface area contributed by atoms with Gasteiger partial charge in [-0.1, -0.05) is 6.58 Å². The summed E-state index contributed by atoms with van der Waals surface area (Å²) in [5.74, 6) is 12.4. The van der Waals surface area contributed by atoms with E-state index in [0.717, 1.165) is 0 Å². The van der Waals surface area contributed by atoms with Gasteiger partial charge in [0.05, 0.1) is 5.75 Å². The van der Waals surface area contributed by atoms with Gasteiger partial charge in [0.15, 0.2) is 0 Å². The van der Waals surface area contributed by atoms with Crippen LogP contribution < -0.4 is 28.7 Å². The molecule has 0 saturated carbocycles. The molecule has 0 fully saturated rings. The number of thiol groups is 1. The minimum Gasteiger partial charge on any atom is -0.369 e. The summed E-state index contributed by atoms with van der Waals surface area (Å²) >= 11 is 3.54. The van der Waals surface area contributed by atoms with Crippen LogP contribution in [0.3, 0.4) is 0 Å². The van der Waals surface area contributed by atoms with Gasteiger partial charge in [-0.25, -0.2) is 0 Å². The van der Waals surface area contributed by atoms with Gasteiger partial charge in [0.2, 0.25) is 5.91 Å². The van der Waals surface area contributed by atoms with Crippen LogP contribution in [0.1, 0.15) is 0 Å². The second kappa shape index (κ2) is 22.8. The number of carbonyl (C=O) groups is 1. The largest absolute Gasteiger partial charge is 0.369 e. The molecule has 0 aliphatic rings. The molecule has 0 heterocycles. The fourth-order valence-electron chi connectivity index (χ4n) is 0. The zero-order valence-corrected chi connectivity index (χ0v) is 7.05. The molecule has 0 rings (SSSR count). The molecule has 0 unspecified atom stereocenters. The Morgan fingerprint density at radius 3 is 1.82 bits per heavy atom. The number of nitrogens with one attached hydrogen (secondary N) is 1. The third-order valence-corrected chi connectivity index (χ3v) is 0.585. The van der Waals surface area contributed by atoms with Crippen molar-refractivity contribution < 1.29 is 4.79 Å². The van der Waals surface area contributed by atoms with Crippen molar-refractivity contribution in [2.75, 3.05) is 5.75 Å². The maximum Gasteiger partial charge on any atom is 0.227 e. The first-order valence-electron chi connectivity index (χ1n) is 2.48. The van der Waals surface area contributed by atoms with Crippen molar-refractivity contribution in [2.45, 2.75) is 0 Å². The predicted molar refractivity (Wildman–Crippen MR) is 48.9 cm³/mol. The van der Waals surface area contributed by atoms with Crippen LogP contribution in [0.15, 0.2) is 12.8 Å². The summed E-state index contributed by atoms with van der Waals surface area (Å²) in [5.41, 5.74) is 6.77. The van der Waals surface area contributed by atoms with Gasteiger partial charge in [0.1, 0.15) is 0 Å². The Morgan fingerprint density at radius 1 is 1.64 bits per heavy atom. The molecule has 0 spiro atoms. The van der Waals surface area contributed by atoms with Crippen molar-refractivity contribution in [1.29, 1.82) is 0 Å². The molecule has 0 aromatic heterocycles. The fourth-order valence-corrected chi connectivity index (χ4v) is 0. The number of amides is 1. The molecule has 0 atom stereocenters. The van der Waals surface area contributed by atoms with E-state index in [4.69, 9.17) is 0 Å². The summed E-state index contributed by atoms with van der Waals surface area (Å²) in [4.78, 5) is 9.51. The Labute approximate surface area is 71.3 Å². The number of primary amides is 1. The monoisotopic (exact) mass is 181 g/mol. The van der Waals surface area contributed by atoms with E-state index < -0.39 is 0 Å². The second-order valence-electron chi connectivity index (χ2n) is 0.995. The van der Waals surface area contributed by atoms with Crippen LogP contribution in [-0.4, -0.2) is 11.7 Å². The van der Waals surface area contributed by atoms with Gasteiger partial charge >= 0.3 is 0 Å². The summed E-state index contributed by atoms with van der Waals surface area (Å²) in [7, 11) is 0. The lowest BCUT2D eigenvalue weighted by molar-refractivity contribution is -0.115. The number of hydrogen-bond acceptors (Lipinski definition) is 6. The van der Waals surface area contributed by atoms with Crippen molar-refractivity contribution in [3.05, 3.63) is 12.8 Å². The lowest BCUT2D eigenvalue weighted by atomic mass is 10.8. The number of hydrogen-bond donors (Lipinski definition) is 6. The molecule has 7 heteroatoms. The molecule has 0 aromatic carbocycles. The maximum atomic E-state index is 9.51. The number of nitrogens with two attached hydrogens (primary N) is 4. The highest BCUT2D eigenvalue weighted by atomic mass is 32.1. The van der Waals surface area contributed by atoms with Gasteiger partial charge in [-0.05, 0) is 0 Å². The van der Waals surface area contributed by atoms with Gasteiger partial charge in [0, 0.05) is 6.20 Å². The molecule has 0 aliphatic heterocycles. The molecule has 1 amide bonds. The molecule has 0 saturated heterocycles. The molecule has 0 radical (unpaired) electrons. The molecule has 6 nitrogen and oxygen atoms in total. The van der Waals surface area contributed by atoms with E-state index in [1.54, 1.807) is 0 Å². The summed E-state index contributed by atoms with van der Waals surface area (Å²) in [6, 6.07) is 0. The van der Waals surface area contributed by atoms with Crippen LogP contribution in [0.2, 0.25) is 0 Å². The quantitative estimate of drug-likeness (QED) is 0.163. The SMILES string of the molecule is C=CNN.NC(=O)CS.NN. The molecular formula is C4H15N5OS.